The minimum Gasteiger partial charge on any atom is -0.377 e. The third-order valence-electron chi connectivity index (χ3n) is 4.46. The maximum absolute atomic E-state index is 12.9. The monoisotopic (exact) mass is 538 g/mol. The van der Waals surface area contributed by atoms with Gasteiger partial charge in [0.25, 0.3) is 0 Å². The third-order valence-corrected chi connectivity index (χ3v) is 6.91. The Morgan fingerprint density at radius 1 is 0.933 bits per heavy atom. The predicted octanol–water partition coefficient (Wildman–Crippen LogP) is 3.61. The number of urea groups is 1. The Morgan fingerprint density at radius 2 is 1.63 bits per heavy atom. The van der Waals surface area contributed by atoms with Gasteiger partial charge in [-0.15, -0.1) is 0 Å². The summed E-state index contributed by atoms with van der Waals surface area (Å²) in [7, 11) is 0.102. The minimum absolute atomic E-state index is 0.0748. The zero-order chi connectivity index (χ0) is 21.7. The van der Waals surface area contributed by atoms with Crippen molar-refractivity contribution >= 4 is 60.8 Å². The van der Waals surface area contributed by atoms with Crippen molar-refractivity contribution in [1.29, 1.82) is 0 Å². The molecule has 3 aromatic rings. The highest BCUT2D eigenvalue weighted by Crippen LogP contribution is 2.30. The second kappa shape index (κ2) is 9.63. The molecule has 3 aromatic carbocycles. The van der Waals surface area contributed by atoms with Crippen LogP contribution in [0.15, 0.2) is 65.6 Å². The van der Waals surface area contributed by atoms with Crippen molar-refractivity contribution in [1.82, 2.24) is 10.0 Å². The SMILES string of the molecule is CN(C)c1cccc2c(S(=O)(=O)NCCNC(=O)Nc3ccccc3I)cccc12. The number of rotatable bonds is 7. The lowest BCUT2D eigenvalue weighted by atomic mass is 10.1. The number of amides is 2. The molecule has 0 fully saturated rings. The van der Waals surface area contributed by atoms with Gasteiger partial charge in [0, 0.05) is 47.2 Å². The van der Waals surface area contributed by atoms with Crippen LogP contribution in [0.5, 0.6) is 0 Å². The average molecular weight is 538 g/mol. The number of nitrogens with zero attached hydrogens (tertiary/aromatic N) is 1. The zero-order valence-corrected chi connectivity index (χ0v) is 19.6. The maximum Gasteiger partial charge on any atom is 0.319 e. The zero-order valence-electron chi connectivity index (χ0n) is 16.6. The van der Waals surface area contributed by atoms with Gasteiger partial charge in [-0.1, -0.05) is 36.4 Å². The van der Waals surface area contributed by atoms with Gasteiger partial charge in [-0.05, 0) is 46.9 Å². The molecule has 0 saturated carbocycles. The summed E-state index contributed by atoms with van der Waals surface area (Å²) >= 11 is 2.13. The van der Waals surface area contributed by atoms with Crippen LogP contribution < -0.4 is 20.3 Å². The van der Waals surface area contributed by atoms with E-state index in [1.165, 1.54) is 0 Å². The number of hydrogen-bond acceptors (Lipinski definition) is 4. The number of carbonyl (C=O) groups is 1. The predicted molar refractivity (Wildman–Crippen MR) is 130 cm³/mol. The number of nitrogens with one attached hydrogen (secondary N) is 3. The Bertz CT molecular complexity index is 1170. The Hall–Kier alpha value is -2.37. The van der Waals surface area contributed by atoms with E-state index in [2.05, 4.69) is 37.9 Å². The first-order chi connectivity index (χ1) is 14.3. The summed E-state index contributed by atoms with van der Waals surface area (Å²) in [6.07, 6.45) is 0. The van der Waals surface area contributed by atoms with E-state index in [1.54, 1.807) is 24.3 Å². The molecule has 3 N–H and O–H groups in total. The summed E-state index contributed by atoms with van der Waals surface area (Å²) < 4.78 is 29.2. The van der Waals surface area contributed by atoms with Gasteiger partial charge in [0.2, 0.25) is 10.0 Å². The minimum atomic E-state index is -3.73. The number of sulfonamides is 1. The Labute approximate surface area is 190 Å². The van der Waals surface area contributed by atoms with Crippen LogP contribution in [0.25, 0.3) is 10.8 Å². The summed E-state index contributed by atoms with van der Waals surface area (Å²) in [5.41, 5.74) is 1.64. The van der Waals surface area contributed by atoms with E-state index < -0.39 is 10.0 Å². The lowest BCUT2D eigenvalue weighted by molar-refractivity contribution is 0.252. The van der Waals surface area contributed by atoms with Gasteiger partial charge in [0.1, 0.15) is 0 Å². The molecule has 0 aromatic heterocycles. The normalized spacial score (nSPS) is 11.3. The summed E-state index contributed by atoms with van der Waals surface area (Å²) in [4.78, 5) is 14.2. The first kappa shape index (κ1) is 22.3. The molecule has 7 nitrogen and oxygen atoms in total. The van der Waals surface area contributed by atoms with Crippen molar-refractivity contribution in [2.45, 2.75) is 4.90 Å². The van der Waals surface area contributed by atoms with E-state index >= 15 is 0 Å². The summed E-state index contributed by atoms with van der Waals surface area (Å²) in [6, 6.07) is 17.8. The van der Waals surface area contributed by atoms with Crippen molar-refractivity contribution in [3.63, 3.8) is 0 Å². The summed E-state index contributed by atoms with van der Waals surface area (Å²) in [5, 5.41) is 6.91. The smallest absolute Gasteiger partial charge is 0.319 e. The quantitative estimate of drug-likeness (QED) is 0.317. The number of carbonyl (C=O) groups excluding carboxylic acids is 1. The highest BCUT2D eigenvalue weighted by atomic mass is 127. The van der Waals surface area contributed by atoms with E-state index in [0.717, 1.165) is 14.6 Å². The molecule has 0 bridgehead atoms. The van der Waals surface area contributed by atoms with Crippen molar-refractivity contribution in [3.8, 4) is 0 Å². The fraction of sp³-hybridized carbons (Fsp3) is 0.190. The molecular formula is C21H23IN4O3S. The second-order valence-corrected chi connectivity index (χ2v) is 9.68. The van der Waals surface area contributed by atoms with Crippen LogP contribution in [-0.4, -0.2) is 41.6 Å². The van der Waals surface area contributed by atoms with Crippen LogP contribution in [0, 0.1) is 3.57 Å². The van der Waals surface area contributed by atoms with Crippen LogP contribution in [0.4, 0.5) is 16.2 Å². The molecule has 0 heterocycles. The first-order valence-electron chi connectivity index (χ1n) is 9.28. The number of benzene rings is 3. The molecule has 2 amide bonds. The van der Waals surface area contributed by atoms with E-state index in [-0.39, 0.29) is 24.0 Å². The van der Waals surface area contributed by atoms with Crippen molar-refractivity contribution in [2.24, 2.45) is 0 Å². The number of halogens is 1. The van der Waals surface area contributed by atoms with Gasteiger partial charge in [-0.25, -0.2) is 17.9 Å². The molecule has 0 radical (unpaired) electrons. The van der Waals surface area contributed by atoms with Crippen molar-refractivity contribution < 1.29 is 13.2 Å². The van der Waals surface area contributed by atoms with Gasteiger partial charge in [0.15, 0.2) is 0 Å². The molecule has 0 aliphatic carbocycles. The van der Waals surface area contributed by atoms with Crippen molar-refractivity contribution in [2.75, 3.05) is 37.4 Å². The largest absolute Gasteiger partial charge is 0.377 e. The number of hydrogen-bond donors (Lipinski definition) is 3. The Kier molecular flexibility index (Phi) is 7.16. The van der Waals surface area contributed by atoms with E-state index in [0.29, 0.717) is 11.1 Å². The van der Waals surface area contributed by atoms with E-state index in [4.69, 9.17) is 0 Å². The molecule has 0 unspecified atom stereocenters. The lowest BCUT2D eigenvalue weighted by Gasteiger charge is -2.17. The van der Waals surface area contributed by atoms with Gasteiger partial charge in [0.05, 0.1) is 10.6 Å². The molecule has 30 heavy (non-hydrogen) atoms. The standard InChI is InChI=1S/C21H23IN4O3S/c1-26(2)19-11-5-8-16-15(19)7-6-12-20(16)30(28,29)24-14-13-23-21(27)25-18-10-4-3-9-17(18)22/h3-12,24H,13-14H2,1-2H3,(H2,23,25,27). The summed E-state index contributed by atoms with van der Waals surface area (Å²) in [5.74, 6) is 0. The topological polar surface area (TPSA) is 90.5 Å². The molecule has 0 spiro atoms. The lowest BCUT2D eigenvalue weighted by Crippen LogP contribution is -2.37. The van der Waals surface area contributed by atoms with Crippen molar-refractivity contribution in [3.05, 3.63) is 64.2 Å². The molecule has 0 atom stereocenters. The Morgan fingerprint density at radius 3 is 2.37 bits per heavy atom. The van der Waals surface area contributed by atoms with Gasteiger partial charge >= 0.3 is 6.03 Å². The number of fused-ring (bicyclic) bond motifs is 1. The fourth-order valence-electron chi connectivity index (χ4n) is 3.06. The molecule has 158 valence electrons. The van der Waals surface area contributed by atoms with Crippen LogP contribution in [0.1, 0.15) is 0 Å². The van der Waals surface area contributed by atoms with Crippen LogP contribution in [0.3, 0.4) is 0 Å². The molecule has 0 saturated heterocycles. The maximum atomic E-state index is 12.9. The first-order valence-corrected chi connectivity index (χ1v) is 11.8. The second-order valence-electron chi connectivity index (χ2n) is 6.78. The van der Waals surface area contributed by atoms with E-state index in [9.17, 15) is 13.2 Å². The van der Waals surface area contributed by atoms with E-state index in [1.807, 2.05) is 55.4 Å². The molecular weight excluding hydrogens is 515 g/mol. The highest BCUT2D eigenvalue weighted by Gasteiger charge is 2.18. The molecule has 0 aliphatic rings. The van der Waals surface area contributed by atoms with Gasteiger partial charge in [-0.2, -0.15) is 0 Å². The van der Waals surface area contributed by atoms with Crippen LogP contribution in [-0.2, 0) is 10.0 Å². The van der Waals surface area contributed by atoms with Crippen LogP contribution >= 0.6 is 22.6 Å². The molecule has 3 rings (SSSR count). The van der Waals surface area contributed by atoms with Gasteiger partial charge < -0.3 is 15.5 Å². The highest BCUT2D eigenvalue weighted by molar-refractivity contribution is 14.1. The Balaban J connectivity index is 1.64. The average Bonchev–Trinajstić information content (AvgIpc) is 2.72. The fourth-order valence-corrected chi connectivity index (χ4v) is 4.83. The summed E-state index contributed by atoms with van der Waals surface area (Å²) in [6.45, 7) is 0.230. The molecule has 9 heteroatoms. The van der Waals surface area contributed by atoms with Crippen LogP contribution in [0.2, 0.25) is 0 Å². The third kappa shape index (κ3) is 5.21. The van der Waals surface area contributed by atoms with Gasteiger partial charge in [-0.3, -0.25) is 0 Å². The number of para-hydroxylation sites is 1. The number of anilines is 2. The molecule has 0 aliphatic heterocycles.